The quantitative estimate of drug-likeness (QED) is 0.795. The van der Waals surface area contributed by atoms with Crippen molar-refractivity contribution in [3.8, 4) is 5.69 Å². The second kappa shape index (κ2) is 5.15. The van der Waals surface area contributed by atoms with E-state index in [2.05, 4.69) is 57.1 Å². The van der Waals surface area contributed by atoms with Crippen LogP contribution in [0.5, 0.6) is 0 Å². The highest BCUT2D eigenvalue weighted by atomic mass is 35.5. The Morgan fingerprint density at radius 1 is 1.33 bits per heavy atom. The fourth-order valence-electron chi connectivity index (χ4n) is 2.10. The van der Waals surface area contributed by atoms with Gasteiger partial charge in [0.05, 0.1) is 22.1 Å². The minimum absolute atomic E-state index is 0.342. The van der Waals surface area contributed by atoms with Crippen LogP contribution in [0.25, 0.3) is 5.69 Å². The van der Waals surface area contributed by atoms with Gasteiger partial charge < -0.3 is 0 Å². The van der Waals surface area contributed by atoms with E-state index in [-0.39, 0.29) is 0 Å². The van der Waals surface area contributed by atoms with Crippen molar-refractivity contribution in [3.05, 3.63) is 46.2 Å². The molecule has 0 atom stereocenters. The number of hydrogen-bond acceptors (Lipinski definition) is 1. The summed E-state index contributed by atoms with van der Waals surface area (Å²) in [4.78, 5) is 0. The van der Waals surface area contributed by atoms with Gasteiger partial charge in [-0.15, -0.1) is 0 Å². The highest BCUT2D eigenvalue weighted by Crippen LogP contribution is 2.29. The van der Waals surface area contributed by atoms with E-state index in [9.17, 15) is 0 Å². The van der Waals surface area contributed by atoms with Crippen molar-refractivity contribution in [3.63, 3.8) is 0 Å². The summed E-state index contributed by atoms with van der Waals surface area (Å²) in [6.45, 7) is 8.44. The SMILES string of the molecule is CCc1c(Cl)c(C(C)C)nn1-c1cccc(C)c1. The molecule has 0 aliphatic rings. The molecule has 18 heavy (non-hydrogen) atoms. The fourth-order valence-corrected chi connectivity index (χ4v) is 2.57. The molecule has 0 fully saturated rings. The molecule has 0 spiro atoms. The molecule has 1 aromatic carbocycles. The Morgan fingerprint density at radius 2 is 2.06 bits per heavy atom. The van der Waals surface area contributed by atoms with Crippen LogP contribution in [0.2, 0.25) is 5.02 Å². The maximum atomic E-state index is 6.43. The second-order valence-electron chi connectivity index (χ2n) is 4.90. The van der Waals surface area contributed by atoms with Gasteiger partial charge in [-0.1, -0.05) is 44.5 Å². The van der Waals surface area contributed by atoms with Crippen LogP contribution in [0.4, 0.5) is 0 Å². The zero-order valence-electron chi connectivity index (χ0n) is 11.4. The van der Waals surface area contributed by atoms with Crippen LogP contribution >= 0.6 is 11.6 Å². The van der Waals surface area contributed by atoms with E-state index in [1.54, 1.807) is 0 Å². The highest BCUT2D eigenvalue weighted by molar-refractivity contribution is 6.32. The van der Waals surface area contributed by atoms with Crippen molar-refractivity contribution in [1.29, 1.82) is 0 Å². The summed E-state index contributed by atoms with van der Waals surface area (Å²) in [6, 6.07) is 8.34. The molecule has 2 nitrogen and oxygen atoms in total. The standard InChI is InChI=1S/C15H19ClN2/c1-5-13-14(16)15(10(2)3)17-18(13)12-8-6-7-11(4)9-12/h6-10H,5H2,1-4H3. The van der Waals surface area contributed by atoms with Gasteiger partial charge in [-0.05, 0) is 37.0 Å². The molecule has 0 saturated carbocycles. The largest absolute Gasteiger partial charge is 0.236 e. The Hall–Kier alpha value is -1.28. The molecule has 0 aliphatic heterocycles. The molecule has 0 bridgehead atoms. The molecule has 2 rings (SSSR count). The summed E-state index contributed by atoms with van der Waals surface area (Å²) < 4.78 is 1.98. The predicted molar refractivity (Wildman–Crippen MR) is 76.8 cm³/mol. The summed E-state index contributed by atoms with van der Waals surface area (Å²) in [5.74, 6) is 0.342. The first-order valence-electron chi connectivity index (χ1n) is 6.39. The van der Waals surface area contributed by atoms with Gasteiger partial charge in [0, 0.05) is 0 Å². The van der Waals surface area contributed by atoms with Gasteiger partial charge in [0.2, 0.25) is 0 Å². The number of halogens is 1. The van der Waals surface area contributed by atoms with Crippen molar-refractivity contribution in [2.75, 3.05) is 0 Å². The zero-order valence-corrected chi connectivity index (χ0v) is 12.1. The third-order valence-corrected chi connectivity index (χ3v) is 3.48. The third-order valence-electron chi connectivity index (χ3n) is 3.07. The minimum Gasteiger partial charge on any atom is -0.236 e. The van der Waals surface area contributed by atoms with Crippen molar-refractivity contribution >= 4 is 11.6 Å². The Balaban J connectivity index is 2.60. The topological polar surface area (TPSA) is 17.8 Å². The number of aromatic nitrogens is 2. The van der Waals surface area contributed by atoms with Gasteiger partial charge in [0.15, 0.2) is 0 Å². The lowest BCUT2D eigenvalue weighted by molar-refractivity contribution is 0.751. The lowest BCUT2D eigenvalue weighted by Crippen LogP contribution is -2.02. The number of hydrogen-bond donors (Lipinski definition) is 0. The first kappa shape index (κ1) is 13.2. The summed E-state index contributed by atoms with van der Waals surface area (Å²) in [5.41, 5.74) is 4.38. The Bertz CT molecular complexity index is 556. The van der Waals surface area contributed by atoms with E-state index in [1.807, 2.05) is 4.68 Å². The monoisotopic (exact) mass is 262 g/mol. The van der Waals surface area contributed by atoms with Gasteiger partial charge in [0.25, 0.3) is 0 Å². The molecule has 2 aromatic rings. The smallest absolute Gasteiger partial charge is 0.0857 e. The van der Waals surface area contributed by atoms with Crippen LogP contribution in [-0.2, 0) is 6.42 Å². The molecule has 1 heterocycles. The number of aryl methyl sites for hydroxylation is 1. The van der Waals surface area contributed by atoms with Crippen molar-refractivity contribution in [1.82, 2.24) is 9.78 Å². The maximum Gasteiger partial charge on any atom is 0.0857 e. The van der Waals surface area contributed by atoms with Gasteiger partial charge in [-0.3, -0.25) is 0 Å². The lowest BCUT2D eigenvalue weighted by Gasteiger charge is -2.06. The van der Waals surface area contributed by atoms with Gasteiger partial charge in [-0.2, -0.15) is 5.10 Å². The van der Waals surface area contributed by atoms with Crippen LogP contribution < -0.4 is 0 Å². The van der Waals surface area contributed by atoms with Crippen molar-refractivity contribution in [2.24, 2.45) is 0 Å². The fraction of sp³-hybridized carbons (Fsp3) is 0.400. The van der Waals surface area contributed by atoms with Crippen molar-refractivity contribution < 1.29 is 0 Å². The molecule has 1 aromatic heterocycles. The maximum absolute atomic E-state index is 6.43. The average Bonchev–Trinajstić information content (AvgIpc) is 2.66. The first-order valence-corrected chi connectivity index (χ1v) is 6.76. The summed E-state index contributed by atoms with van der Waals surface area (Å²) in [6.07, 6.45) is 0.881. The average molecular weight is 263 g/mol. The predicted octanol–water partition coefficient (Wildman–Crippen LogP) is 4.52. The molecule has 0 N–H and O–H groups in total. The van der Waals surface area contributed by atoms with Gasteiger partial charge in [0.1, 0.15) is 0 Å². The molecule has 0 saturated heterocycles. The molecule has 0 unspecified atom stereocenters. The van der Waals surface area contributed by atoms with E-state index in [1.165, 1.54) is 5.56 Å². The molecule has 0 radical (unpaired) electrons. The summed E-state index contributed by atoms with van der Waals surface area (Å²) in [5, 5.41) is 5.49. The van der Waals surface area contributed by atoms with Crippen LogP contribution in [0.15, 0.2) is 24.3 Å². The molecule has 3 heteroatoms. The molecular formula is C15H19ClN2. The number of rotatable bonds is 3. The molecule has 0 amide bonds. The lowest BCUT2D eigenvalue weighted by atomic mass is 10.1. The molecule has 96 valence electrons. The van der Waals surface area contributed by atoms with E-state index in [4.69, 9.17) is 11.6 Å². The van der Waals surface area contributed by atoms with Crippen molar-refractivity contribution in [2.45, 2.75) is 40.0 Å². The number of nitrogens with zero attached hydrogens (tertiary/aromatic N) is 2. The summed E-state index contributed by atoms with van der Waals surface area (Å²) in [7, 11) is 0. The minimum atomic E-state index is 0.342. The van der Waals surface area contributed by atoms with Crippen LogP contribution in [0, 0.1) is 6.92 Å². The Kier molecular flexibility index (Phi) is 3.76. The Labute approximate surface area is 114 Å². The van der Waals surface area contributed by atoms with Gasteiger partial charge >= 0.3 is 0 Å². The number of benzene rings is 1. The van der Waals surface area contributed by atoms with E-state index in [0.717, 1.165) is 28.5 Å². The van der Waals surface area contributed by atoms with E-state index < -0.39 is 0 Å². The third kappa shape index (κ3) is 2.30. The van der Waals surface area contributed by atoms with Crippen LogP contribution in [-0.4, -0.2) is 9.78 Å². The van der Waals surface area contributed by atoms with E-state index in [0.29, 0.717) is 5.92 Å². The summed E-state index contributed by atoms with van der Waals surface area (Å²) >= 11 is 6.43. The zero-order chi connectivity index (χ0) is 13.3. The van der Waals surface area contributed by atoms with Crippen LogP contribution in [0.3, 0.4) is 0 Å². The Morgan fingerprint density at radius 3 is 2.61 bits per heavy atom. The van der Waals surface area contributed by atoms with Gasteiger partial charge in [-0.25, -0.2) is 4.68 Å². The van der Waals surface area contributed by atoms with Crippen LogP contribution in [0.1, 0.15) is 43.6 Å². The second-order valence-corrected chi connectivity index (χ2v) is 5.28. The molecular weight excluding hydrogens is 244 g/mol. The normalized spacial score (nSPS) is 11.2. The van der Waals surface area contributed by atoms with E-state index >= 15 is 0 Å². The highest BCUT2D eigenvalue weighted by Gasteiger charge is 2.17. The first-order chi connectivity index (χ1) is 8.54. The molecule has 0 aliphatic carbocycles.